The molecule has 0 spiro atoms. The highest BCUT2D eigenvalue weighted by Crippen LogP contribution is 2.37. The average Bonchev–Trinajstić information content (AvgIpc) is 2.01. The summed E-state index contributed by atoms with van der Waals surface area (Å²) in [6.07, 6.45) is 0. The average molecular weight is 209 g/mol. The largest absolute Gasteiger partial charge is 0.480 e. The van der Waals surface area contributed by atoms with Crippen molar-refractivity contribution in [2.45, 2.75) is 31.4 Å². The molecule has 0 aromatic heterocycles. The van der Waals surface area contributed by atoms with Gasteiger partial charge in [-0.05, 0) is 0 Å². The van der Waals surface area contributed by atoms with E-state index in [4.69, 9.17) is 0 Å². The van der Waals surface area contributed by atoms with Crippen molar-refractivity contribution < 1.29 is 14.7 Å². The number of aliphatic carboxylic acids is 1. The van der Waals surface area contributed by atoms with Crippen LogP contribution in [0.15, 0.2) is 0 Å². The number of rotatable bonds is 4. The van der Waals surface area contributed by atoms with Crippen LogP contribution in [0.1, 0.15) is 20.8 Å². The van der Waals surface area contributed by atoms with Gasteiger partial charge >= 0.3 is 5.97 Å². The van der Waals surface area contributed by atoms with Gasteiger partial charge in [0.15, 0.2) is 0 Å². The standard InChI is InChI=1S/C8H18B3NO3/c1-4(2)7(9,10)8(11,6(14)15)12-5(3)13/h4H,9-11H2,1-3H3,(H,12,13)(H,14,15). The Morgan fingerprint density at radius 2 is 1.67 bits per heavy atom. The molecule has 1 amide bonds. The van der Waals surface area contributed by atoms with Gasteiger partial charge in [0.1, 0.15) is 23.5 Å². The summed E-state index contributed by atoms with van der Waals surface area (Å²) in [5.74, 6) is -1.18. The maximum atomic E-state index is 11.3. The maximum absolute atomic E-state index is 11.3. The lowest BCUT2D eigenvalue weighted by Gasteiger charge is -2.45. The molecule has 0 saturated heterocycles. The quantitative estimate of drug-likeness (QED) is 0.506. The molecule has 82 valence electrons. The van der Waals surface area contributed by atoms with Crippen LogP contribution in [0.4, 0.5) is 0 Å². The van der Waals surface area contributed by atoms with Crippen LogP contribution in [0.3, 0.4) is 0 Å². The highest BCUT2D eigenvalue weighted by atomic mass is 16.4. The Morgan fingerprint density at radius 1 is 1.27 bits per heavy atom. The van der Waals surface area contributed by atoms with Gasteiger partial charge in [-0.15, -0.1) is 0 Å². The first-order chi connectivity index (χ1) is 6.55. The van der Waals surface area contributed by atoms with E-state index in [2.05, 4.69) is 5.32 Å². The highest BCUT2D eigenvalue weighted by Gasteiger charge is 2.48. The van der Waals surface area contributed by atoms with Gasteiger partial charge in [-0.3, -0.25) is 9.59 Å². The van der Waals surface area contributed by atoms with Crippen LogP contribution < -0.4 is 5.32 Å². The SMILES string of the molecule is BC(NC(C)=O)(C(=O)O)C(B)(B)C(C)C. The molecule has 0 aromatic rings. The summed E-state index contributed by atoms with van der Waals surface area (Å²) in [4.78, 5) is 22.4. The zero-order valence-corrected chi connectivity index (χ0v) is 10.3. The molecule has 1 atom stereocenters. The summed E-state index contributed by atoms with van der Waals surface area (Å²) in [6.45, 7) is 5.23. The summed E-state index contributed by atoms with van der Waals surface area (Å²) in [5.41, 5.74) is -1.24. The van der Waals surface area contributed by atoms with E-state index in [0.29, 0.717) is 0 Å². The normalized spacial score (nSPS) is 15.7. The van der Waals surface area contributed by atoms with Gasteiger partial charge in [-0.25, -0.2) is 0 Å². The lowest BCUT2D eigenvalue weighted by atomic mass is 9.36. The number of carbonyl (C=O) groups excluding carboxylic acids is 1. The molecule has 0 bridgehead atoms. The number of carboxylic acid groups (broad SMARTS) is 1. The third-order valence-corrected chi connectivity index (χ3v) is 3.59. The first kappa shape index (κ1) is 14.1. The van der Waals surface area contributed by atoms with E-state index < -0.39 is 16.6 Å². The van der Waals surface area contributed by atoms with Crippen molar-refractivity contribution in [3.8, 4) is 0 Å². The van der Waals surface area contributed by atoms with Crippen LogP contribution in [0.25, 0.3) is 0 Å². The van der Waals surface area contributed by atoms with Crippen LogP contribution in [-0.4, -0.2) is 46.0 Å². The summed E-state index contributed by atoms with van der Waals surface area (Å²) in [7, 11) is 5.25. The highest BCUT2D eigenvalue weighted by molar-refractivity contribution is 6.49. The molecule has 1 unspecified atom stereocenters. The predicted octanol–water partition coefficient (Wildman–Crippen LogP) is -2.43. The number of carboxylic acids is 1. The summed E-state index contributed by atoms with van der Waals surface area (Å²) in [5, 5.41) is 11.3. The third kappa shape index (κ3) is 2.58. The molecule has 2 N–H and O–H groups in total. The minimum Gasteiger partial charge on any atom is -0.480 e. The predicted molar refractivity (Wildman–Crippen MR) is 67.3 cm³/mol. The molecule has 0 aliphatic carbocycles. The molecular formula is C8H18B3NO3. The van der Waals surface area contributed by atoms with E-state index in [9.17, 15) is 14.7 Å². The van der Waals surface area contributed by atoms with E-state index in [1.54, 1.807) is 7.85 Å². The number of carbonyl (C=O) groups is 2. The van der Waals surface area contributed by atoms with Crippen molar-refractivity contribution in [3.63, 3.8) is 0 Å². The van der Waals surface area contributed by atoms with Crippen molar-refractivity contribution in [1.29, 1.82) is 0 Å². The molecule has 0 aliphatic heterocycles. The Labute approximate surface area is 93.4 Å². The second-order valence-electron chi connectivity index (χ2n) is 4.99. The Bertz CT molecular complexity index is 280. The molecule has 7 heteroatoms. The zero-order chi connectivity index (χ0) is 12.4. The van der Waals surface area contributed by atoms with Gasteiger partial charge < -0.3 is 10.4 Å². The molecular weight excluding hydrogens is 191 g/mol. The smallest absolute Gasteiger partial charge is 0.319 e. The minimum atomic E-state index is -1.24. The lowest BCUT2D eigenvalue weighted by Crippen LogP contribution is -2.64. The first-order valence-electron chi connectivity index (χ1n) is 5.08. The third-order valence-electron chi connectivity index (χ3n) is 3.59. The molecule has 0 aliphatic rings. The zero-order valence-electron chi connectivity index (χ0n) is 10.3. The van der Waals surface area contributed by atoms with E-state index in [1.807, 2.05) is 29.5 Å². The Morgan fingerprint density at radius 3 is 1.87 bits per heavy atom. The van der Waals surface area contributed by atoms with E-state index in [-0.39, 0.29) is 11.8 Å². The number of nitrogens with one attached hydrogen (secondary N) is 1. The van der Waals surface area contributed by atoms with Crippen molar-refractivity contribution in [2.75, 3.05) is 0 Å². The maximum Gasteiger partial charge on any atom is 0.319 e. The molecule has 0 fully saturated rings. The Kier molecular flexibility index (Phi) is 4.08. The van der Waals surface area contributed by atoms with Crippen molar-refractivity contribution in [1.82, 2.24) is 5.32 Å². The van der Waals surface area contributed by atoms with Gasteiger partial charge in [0, 0.05) is 6.92 Å². The van der Waals surface area contributed by atoms with Crippen LogP contribution in [0.5, 0.6) is 0 Å². The molecule has 0 radical (unpaired) electrons. The van der Waals surface area contributed by atoms with Crippen LogP contribution in [0, 0.1) is 5.92 Å². The monoisotopic (exact) mass is 209 g/mol. The van der Waals surface area contributed by atoms with Crippen LogP contribution >= 0.6 is 0 Å². The minimum absolute atomic E-state index is 0.144. The number of hydrogen-bond donors (Lipinski definition) is 2. The summed E-state index contributed by atoms with van der Waals surface area (Å²) >= 11 is 0. The van der Waals surface area contributed by atoms with E-state index in [1.165, 1.54) is 6.92 Å². The molecule has 0 heterocycles. The van der Waals surface area contributed by atoms with Gasteiger partial charge in [0.05, 0.1) is 5.44 Å². The van der Waals surface area contributed by atoms with Gasteiger partial charge in [-0.1, -0.05) is 25.0 Å². The van der Waals surface area contributed by atoms with Crippen molar-refractivity contribution >= 4 is 35.4 Å². The van der Waals surface area contributed by atoms with Gasteiger partial charge in [-0.2, -0.15) is 0 Å². The fourth-order valence-corrected chi connectivity index (χ4v) is 1.42. The van der Waals surface area contributed by atoms with Gasteiger partial charge in [0.25, 0.3) is 0 Å². The Balaban J connectivity index is 5.29. The molecule has 0 saturated carbocycles. The molecule has 0 rings (SSSR count). The lowest BCUT2D eigenvalue weighted by molar-refractivity contribution is -0.144. The molecule has 15 heavy (non-hydrogen) atoms. The number of hydrogen-bond acceptors (Lipinski definition) is 2. The topological polar surface area (TPSA) is 66.4 Å². The van der Waals surface area contributed by atoms with Crippen LogP contribution in [0.2, 0.25) is 5.21 Å². The van der Waals surface area contributed by atoms with E-state index in [0.717, 1.165) is 0 Å². The molecule has 4 nitrogen and oxygen atoms in total. The Hall–Kier alpha value is -0.865. The summed E-state index contributed by atoms with van der Waals surface area (Å²) in [6, 6.07) is 0. The second kappa shape index (κ2) is 4.33. The van der Waals surface area contributed by atoms with Crippen molar-refractivity contribution in [2.24, 2.45) is 5.92 Å². The second-order valence-corrected chi connectivity index (χ2v) is 4.99. The van der Waals surface area contributed by atoms with Crippen LogP contribution in [-0.2, 0) is 9.59 Å². The van der Waals surface area contributed by atoms with E-state index >= 15 is 0 Å². The fourth-order valence-electron chi connectivity index (χ4n) is 1.42. The fraction of sp³-hybridized carbons (Fsp3) is 0.750. The first-order valence-corrected chi connectivity index (χ1v) is 5.08. The van der Waals surface area contributed by atoms with Crippen molar-refractivity contribution in [3.05, 3.63) is 0 Å². The number of amides is 1. The van der Waals surface area contributed by atoms with Gasteiger partial charge in [0.2, 0.25) is 5.91 Å². The summed E-state index contributed by atoms with van der Waals surface area (Å²) < 4.78 is 0. The molecule has 0 aromatic carbocycles.